The van der Waals surface area contributed by atoms with E-state index in [1.54, 1.807) is 0 Å². The zero-order valence-corrected chi connectivity index (χ0v) is 15.6. The number of aromatic nitrogens is 4. The van der Waals surface area contributed by atoms with Gasteiger partial charge in [0, 0.05) is 11.3 Å². The predicted molar refractivity (Wildman–Crippen MR) is 93.9 cm³/mol. The van der Waals surface area contributed by atoms with E-state index in [1.807, 2.05) is 6.92 Å². The molecule has 0 aromatic carbocycles. The van der Waals surface area contributed by atoms with Crippen molar-refractivity contribution in [1.29, 1.82) is 0 Å². The fourth-order valence-corrected chi connectivity index (χ4v) is 3.54. The molecule has 4 aliphatic rings. The smallest absolute Gasteiger partial charge is 0.353 e. The maximum Gasteiger partial charge on any atom is 0.353 e. The van der Waals surface area contributed by atoms with Crippen molar-refractivity contribution in [3.8, 4) is 11.8 Å². The Kier molecular flexibility index (Phi) is 4.34. The Morgan fingerprint density at radius 3 is 2.52 bits per heavy atom. The average molecular weight is 404 g/mol. The Bertz CT molecular complexity index is 974. The number of nitrogens with zero attached hydrogens (tertiary/aromatic N) is 4. The molecule has 2 aromatic rings. The van der Waals surface area contributed by atoms with Crippen molar-refractivity contribution < 1.29 is 34.3 Å². The van der Waals surface area contributed by atoms with E-state index in [2.05, 4.69) is 26.8 Å². The molecule has 0 amide bonds. The quantitative estimate of drug-likeness (QED) is 0.508. The molecule has 2 aromatic heterocycles. The first-order valence-electron chi connectivity index (χ1n) is 9.19. The topological polar surface area (TPSA) is 141 Å². The second-order valence-electron chi connectivity index (χ2n) is 7.76. The molecule has 0 saturated carbocycles. The van der Waals surface area contributed by atoms with Gasteiger partial charge in [0.2, 0.25) is 0 Å². The molecule has 11 nitrogen and oxygen atoms in total. The van der Waals surface area contributed by atoms with Gasteiger partial charge in [-0.2, -0.15) is 0 Å². The van der Waals surface area contributed by atoms with Crippen LogP contribution < -0.4 is 0 Å². The summed E-state index contributed by atoms with van der Waals surface area (Å²) in [6.45, 7) is 3.05. The first-order valence-corrected chi connectivity index (χ1v) is 9.19. The fraction of sp³-hybridized carbons (Fsp3) is 0.611. The summed E-state index contributed by atoms with van der Waals surface area (Å²) in [5.74, 6) is 4.32. The third-order valence-corrected chi connectivity index (χ3v) is 5.32. The molecule has 4 fully saturated rings. The Balaban J connectivity index is 1.46. The van der Waals surface area contributed by atoms with E-state index in [0.717, 1.165) is 0 Å². The van der Waals surface area contributed by atoms with Gasteiger partial charge in [0.05, 0.1) is 32.8 Å². The van der Waals surface area contributed by atoms with Gasteiger partial charge in [-0.1, -0.05) is 6.92 Å². The molecular weight excluding hydrogens is 384 g/mol. The molecule has 0 unspecified atom stereocenters. The zero-order chi connectivity index (χ0) is 20.2. The lowest BCUT2D eigenvalue weighted by molar-refractivity contribution is -0.436. The van der Waals surface area contributed by atoms with Gasteiger partial charge in [0.25, 0.3) is 0 Å². The number of imidazole rings is 1. The lowest BCUT2D eigenvalue weighted by Crippen LogP contribution is -2.58. The normalized spacial score (nSPS) is 38.9. The molecule has 11 heteroatoms. The molecule has 0 spiro atoms. The Labute approximate surface area is 165 Å². The summed E-state index contributed by atoms with van der Waals surface area (Å²) in [5, 5.41) is 29.5. The second-order valence-corrected chi connectivity index (χ2v) is 7.76. The molecule has 4 aliphatic heterocycles. The summed E-state index contributed by atoms with van der Waals surface area (Å²) < 4.78 is 24.0. The van der Waals surface area contributed by atoms with Gasteiger partial charge in [0.15, 0.2) is 11.9 Å². The molecule has 29 heavy (non-hydrogen) atoms. The van der Waals surface area contributed by atoms with Crippen LogP contribution in [0.25, 0.3) is 11.2 Å². The molecule has 3 N–H and O–H groups in total. The molecular formula is C18H20N4O7. The lowest BCUT2D eigenvalue weighted by Gasteiger charge is -2.47. The maximum atomic E-state index is 10.3. The minimum absolute atomic E-state index is 0.163. The highest BCUT2D eigenvalue weighted by atomic mass is 16.9. The number of rotatable bonds is 2. The van der Waals surface area contributed by atoms with Crippen LogP contribution in [0, 0.1) is 17.3 Å². The van der Waals surface area contributed by atoms with E-state index in [-0.39, 0.29) is 5.41 Å². The number of hydrogen-bond donors (Lipinski definition) is 3. The van der Waals surface area contributed by atoms with Crippen molar-refractivity contribution in [2.24, 2.45) is 5.41 Å². The van der Waals surface area contributed by atoms with Crippen molar-refractivity contribution in [2.75, 3.05) is 26.4 Å². The molecule has 4 atom stereocenters. The fourth-order valence-electron chi connectivity index (χ4n) is 3.54. The number of hydrogen-bond acceptors (Lipinski definition) is 10. The van der Waals surface area contributed by atoms with Crippen molar-refractivity contribution in [3.63, 3.8) is 0 Å². The van der Waals surface area contributed by atoms with Crippen molar-refractivity contribution in [2.45, 2.75) is 37.4 Å². The van der Waals surface area contributed by atoms with E-state index in [9.17, 15) is 15.3 Å². The SMILES string of the molecule is CC12COC(C#Cc3ncnc4c3ncn4[C@@H]3O[C@H](CO)[C@@H](O)[C@H]3O)(OC1)OC2. The summed E-state index contributed by atoms with van der Waals surface area (Å²) in [6, 6.07) is 0. The maximum absolute atomic E-state index is 10.3. The van der Waals surface area contributed by atoms with Crippen molar-refractivity contribution in [3.05, 3.63) is 18.3 Å². The van der Waals surface area contributed by atoms with Gasteiger partial charge >= 0.3 is 5.97 Å². The molecule has 0 aliphatic carbocycles. The summed E-state index contributed by atoms with van der Waals surface area (Å²) in [7, 11) is 0. The van der Waals surface area contributed by atoms with E-state index in [0.29, 0.717) is 36.7 Å². The molecule has 2 bridgehead atoms. The Hall–Kier alpha value is -2.17. The van der Waals surface area contributed by atoms with Crippen LogP contribution in [-0.2, 0) is 18.9 Å². The first kappa shape index (κ1) is 18.8. The minimum Gasteiger partial charge on any atom is -0.394 e. The number of aliphatic hydroxyl groups is 3. The van der Waals surface area contributed by atoms with Crippen LogP contribution in [-0.4, -0.2) is 85.6 Å². The molecule has 6 rings (SSSR count). The third-order valence-electron chi connectivity index (χ3n) is 5.32. The van der Waals surface area contributed by atoms with Gasteiger partial charge in [-0.15, -0.1) is 0 Å². The number of fused-ring (bicyclic) bond motifs is 4. The van der Waals surface area contributed by atoms with Crippen molar-refractivity contribution in [1.82, 2.24) is 19.5 Å². The van der Waals surface area contributed by atoms with Crippen LogP contribution in [0.3, 0.4) is 0 Å². The highest BCUT2D eigenvalue weighted by Gasteiger charge is 2.50. The number of ether oxygens (including phenoxy) is 4. The van der Waals surface area contributed by atoms with E-state index in [1.165, 1.54) is 17.2 Å². The van der Waals surface area contributed by atoms with Crippen LogP contribution in [0.2, 0.25) is 0 Å². The molecule has 6 heterocycles. The summed E-state index contributed by atoms with van der Waals surface area (Å²) in [5.41, 5.74) is 0.901. The van der Waals surface area contributed by atoms with Gasteiger partial charge in [-0.05, 0) is 5.92 Å². The molecule has 0 radical (unpaired) electrons. The van der Waals surface area contributed by atoms with Crippen LogP contribution >= 0.6 is 0 Å². The highest BCUT2D eigenvalue weighted by Crippen LogP contribution is 2.37. The van der Waals surface area contributed by atoms with Crippen LogP contribution in [0.4, 0.5) is 0 Å². The molecule has 154 valence electrons. The van der Waals surface area contributed by atoms with Gasteiger partial charge in [-0.3, -0.25) is 4.57 Å². The van der Waals surface area contributed by atoms with Gasteiger partial charge in [-0.25, -0.2) is 15.0 Å². The second kappa shape index (κ2) is 6.68. The van der Waals surface area contributed by atoms with Crippen LogP contribution in [0.1, 0.15) is 18.8 Å². The van der Waals surface area contributed by atoms with E-state index in [4.69, 9.17) is 18.9 Å². The zero-order valence-electron chi connectivity index (χ0n) is 15.6. The van der Waals surface area contributed by atoms with Crippen molar-refractivity contribution >= 4 is 11.2 Å². The summed E-state index contributed by atoms with van der Waals surface area (Å²) in [4.78, 5) is 12.7. The average Bonchev–Trinajstić information content (AvgIpc) is 3.29. The summed E-state index contributed by atoms with van der Waals surface area (Å²) in [6.07, 6.45) is -1.60. The minimum atomic E-state index is -1.42. The highest BCUT2D eigenvalue weighted by molar-refractivity contribution is 5.76. The van der Waals surface area contributed by atoms with Gasteiger partial charge in [0.1, 0.15) is 35.8 Å². The first-order chi connectivity index (χ1) is 13.9. The predicted octanol–water partition coefficient (Wildman–Crippen LogP) is -1.47. The van der Waals surface area contributed by atoms with Gasteiger partial charge < -0.3 is 34.3 Å². The number of aliphatic hydroxyl groups excluding tert-OH is 3. The van der Waals surface area contributed by atoms with E-state index >= 15 is 0 Å². The largest absolute Gasteiger partial charge is 0.394 e. The Morgan fingerprint density at radius 1 is 1.14 bits per heavy atom. The lowest BCUT2D eigenvalue weighted by atomic mass is 9.92. The van der Waals surface area contributed by atoms with Crippen LogP contribution in [0.5, 0.6) is 0 Å². The third kappa shape index (κ3) is 3.01. The van der Waals surface area contributed by atoms with E-state index < -0.39 is 37.1 Å². The summed E-state index contributed by atoms with van der Waals surface area (Å²) >= 11 is 0. The Morgan fingerprint density at radius 2 is 1.86 bits per heavy atom. The monoisotopic (exact) mass is 404 g/mol. The van der Waals surface area contributed by atoms with Crippen LogP contribution in [0.15, 0.2) is 12.7 Å². The molecule has 4 saturated heterocycles. The standard InChI is InChI=1S/C18H20N4O7/c1-17-5-26-18(27-6-17,28-7-17)3-2-10-12-15(20-8-19-10)22(9-21-12)16-14(25)13(24)11(4-23)29-16/h8-9,11,13-14,16,23-25H,4-7H2,1H3/t11-,13-,14-,16-,17?,18?/m1/s1.